The number of amides is 2. The molecule has 1 aliphatic heterocycles. The Balaban J connectivity index is 1.47. The fourth-order valence-corrected chi connectivity index (χ4v) is 3.94. The molecule has 2 amide bonds. The fourth-order valence-electron chi connectivity index (χ4n) is 3.94. The molecule has 1 aliphatic rings. The van der Waals surface area contributed by atoms with Gasteiger partial charge in [-0.1, -0.05) is 23.8 Å². The minimum absolute atomic E-state index is 0.0590. The van der Waals surface area contributed by atoms with Crippen molar-refractivity contribution in [2.45, 2.75) is 6.92 Å². The molecule has 2 aromatic heterocycles. The molecule has 4 aromatic rings. The summed E-state index contributed by atoms with van der Waals surface area (Å²) in [5.74, 6) is 0.0758. The van der Waals surface area contributed by atoms with Crippen LogP contribution in [0.15, 0.2) is 67.0 Å². The number of aryl methyl sites for hydroxylation is 1. The summed E-state index contributed by atoms with van der Waals surface area (Å²) < 4.78 is 21.2. The molecular formula is C26H25FN6O2. The van der Waals surface area contributed by atoms with E-state index >= 15 is 4.39 Å². The van der Waals surface area contributed by atoms with Crippen LogP contribution >= 0.6 is 0 Å². The van der Waals surface area contributed by atoms with Gasteiger partial charge in [0.05, 0.1) is 24.6 Å². The average Bonchev–Trinajstić information content (AvgIpc) is 3.33. The molecule has 0 atom stereocenters. The molecule has 35 heavy (non-hydrogen) atoms. The van der Waals surface area contributed by atoms with Gasteiger partial charge in [0, 0.05) is 42.3 Å². The second-order valence-corrected chi connectivity index (χ2v) is 8.23. The highest BCUT2D eigenvalue weighted by atomic mass is 19.1. The van der Waals surface area contributed by atoms with E-state index < -0.39 is 11.8 Å². The first-order valence-corrected chi connectivity index (χ1v) is 11.3. The first-order valence-electron chi connectivity index (χ1n) is 11.3. The Kier molecular flexibility index (Phi) is 6.40. The number of aromatic amines is 1. The van der Waals surface area contributed by atoms with Crippen LogP contribution in [0.4, 0.5) is 26.5 Å². The summed E-state index contributed by atoms with van der Waals surface area (Å²) in [5, 5.41) is 5.34. The normalized spacial score (nSPS) is 13.5. The second-order valence-electron chi connectivity index (χ2n) is 8.23. The quantitative estimate of drug-likeness (QED) is 0.377. The van der Waals surface area contributed by atoms with Crippen molar-refractivity contribution in [2.75, 3.05) is 41.8 Å². The highest BCUT2D eigenvalue weighted by Crippen LogP contribution is 2.35. The molecule has 0 spiro atoms. The van der Waals surface area contributed by atoms with Crippen LogP contribution in [0.3, 0.4) is 0 Å². The Bertz CT molecular complexity index is 1320. The minimum Gasteiger partial charge on any atom is -0.378 e. The lowest BCUT2D eigenvalue weighted by Crippen LogP contribution is -2.36. The van der Waals surface area contributed by atoms with Gasteiger partial charge in [-0.15, -0.1) is 0 Å². The van der Waals surface area contributed by atoms with E-state index in [1.54, 1.807) is 36.7 Å². The maximum Gasteiger partial charge on any atom is 0.323 e. The van der Waals surface area contributed by atoms with Gasteiger partial charge in [-0.2, -0.15) is 0 Å². The summed E-state index contributed by atoms with van der Waals surface area (Å²) in [6.07, 6.45) is 3.36. The van der Waals surface area contributed by atoms with E-state index in [2.05, 4.69) is 25.5 Å². The number of halogens is 1. The zero-order chi connectivity index (χ0) is 24.2. The molecule has 0 aliphatic carbocycles. The van der Waals surface area contributed by atoms with E-state index in [4.69, 9.17) is 9.72 Å². The number of benzene rings is 2. The largest absolute Gasteiger partial charge is 0.378 e. The van der Waals surface area contributed by atoms with E-state index in [1.807, 2.05) is 31.2 Å². The number of hydrogen-bond acceptors (Lipinski definition) is 5. The molecule has 0 bridgehead atoms. The van der Waals surface area contributed by atoms with Crippen LogP contribution in [0.25, 0.3) is 22.5 Å². The van der Waals surface area contributed by atoms with Crippen LogP contribution in [-0.4, -0.2) is 47.3 Å². The summed E-state index contributed by atoms with van der Waals surface area (Å²) in [6, 6.07) is 15.4. The highest BCUT2D eigenvalue weighted by Gasteiger charge is 2.23. The number of imidazole rings is 1. The van der Waals surface area contributed by atoms with Crippen LogP contribution in [0.1, 0.15) is 5.56 Å². The molecule has 1 saturated heterocycles. The predicted molar refractivity (Wildman–Crippen MR) is 134 cm³/mol. The zero-order valence-electron chi connectivity index (χ0n) is 19.2. The molecular weight excluding hydrogens is 447 g/mol. The van der Waals surface area contributed by atoms with Gasteiger partial charge in [0.15, 0.2) is 5.82 Å². The van der Waals surface area contributed by atoms with E-state index in [1.165, 1.54) is 6.07 Å². The van der Waals surface area contributed by atoms with Gasteiger partial charge >= 0.3 is 6.03 Å². The molecule has 0 unspecified atom stereocenters. The Labute approximate surface area is 202 Å². The number of ether oxygens (including phenoxy) is 1. The van der Waals surface area contributed by atoms with Crippen LogP contribution in [0.2, 0.25) is 0 Å². The number of pyridine rings is 1. The maximum atomic E-state index is 15.7. The summed E-state index contributed by atoms with van der Waals surface area (Å²) >= 11 is 0. The summed E-state index contributed by atoms with van der Waals surface area (Å²) in [7, 11) is 0. The molecule has 8 nitrogen and oxygen atoms in total. The number of hydrogen-bond donors (Lipinski definition) is 3. The van der Waals surface area contributed by atoms with Gasteiger partial charge in [0.1, 0.15) is 5.69 Å². The van der Waals surface area contributed by atoms with E-state index in [-0.39, 0.29) is 11.3 Å². The Morgan fingerprint density at radius 3 is 2.51 bits per heavy atom. The molecule has 1 fully saturated rings. The van der Waals surface area contributed by atoms with Crippen LogP contribution < -0.4 is 15.5 Å². The Morgan fingerprint density at radius 1 is 1.03 bits per heavy atom. The summed E-state index contributed by atoms with van der Waals surface area (Å²) in [6.45, 7) is 4.54. The molecule has 0 saturated carbocycles. The Hall–Kier alpha value is -4.24. The van der Waals surface area contributed by atoms with Crippen molar-refractivity contribution in [2.24, 2.45) is 0 Å². The SMILES string of the molecule is Cc1ccc(NC(=O)Nc2cccc(-c3nc(N4CCOCC4)[nH]c3-c3ccncc3)c2F)cc1. The molecule has 178 valence electrons. The average molecular weight is 473 g/mol. The van der Waals surface area contributed by atoms with E-state index in [9.17, 15) is 4.79 Å². The minimum atomic E-state index is -0.568. The van der Waals surface area contributed by atoms with E-state index in [0.29, 0.717) is 49.3 Å². The summed E-state index contributed by atoms with van der Waals surface area (Å²) in [5.41, 5.74) is 4.00. The van der Waals surface area contributed by atoms with Crippen molar-refractivity contribution < 1.29 is 13.9 Å². The van der Waals surface area contributed by atoms with Crippen LogP contribution in [0, 0.1) is 12.7 Å². The van der Waals surface area contributed by atoms with Gasteiger partial charge in [-0.25, -0.2) is 14.2 Å². The first-order chi connectivity index (χ1) is 17.1. The standard InChI is InChI=1S/C26H25FN6O2/c1-17-5-7-19(8-6-17)29-26(34)30-21-4-2-3-20(22(21)27)24-23(18-9-11-28-12-10-18)31-25(32-24)33-13-15-35-16-14-33/h2-12H,13-16H2,1H3,(H,31,32)(H2,29,30,34). The predicted octanol–water partition coefficient (Wildman–Crippen LogP) is 5.07. The molecule has 0 radical (unpaired) electrons. The van der Waals surface area contributed by atoms with Crippen LogP contribution in [0.5, 0.6) is 0 Å². The number of H-pyrrole nitrogens is 1. The number of nitrogens with zero attached hydrogens (tertiary/aromatic N) is 3. The van der Waals surface area contributed by atoms with Gasteiger partial charge in [-0.05, 0) is 43.3 Å². The third kappa shape index (κ3) is 4.99. The number of carbonyl (C=O) groups is 1. The van der Waals surface area contributed by atoms with Crippen molar-refractivity contribution >= 4 is 23.4 Å². The van der Waals surface area contributed by atoms with Gasteiger partial charge in [0.25, 0.3) is 0 Å². The van der Waals surface area contributed by atoms with Crippen molar-refractivity contribution in [3.63, 3.8) is 0 Å². The van der Waals surface area contributed by atoms with Crippen LogP contribution in [-0.2, 0) is 4.74 Å². The second kappa shape index (κ2) is 9.94. The van der Waals surface area contributed by atoms with Gasteiger partial charge in [0.2, 0.25) is 5.95 Å². The zero-order valence-corrected chi connectivity index (χ0v) is 19.2. The number of rotatable bonds is 5. The molecule has 3 N–H and O–H groups in total. The number of urea groups is 1. The molecule has 3 heterocycles. The molecule has 9 heteroatoms. The molecule has 5 rings (SSSR count). The Morgan fingerprint density at radius 2 is 1.77 bits per heavy atom. The third-order valence-electron chi connectivity index (χ3n) is 5.78. The number of anilines is 3. The summed E-state index contributed by atoms with van der Waals surface area (Å²) in [4.78, 5) is 26.8. The monoisotopic (exact) mass is 472 g/mol. The van der Waals surface area contributed by atoms with Crippen molar-refractivity contribution in [3.8, 4) is 22.5 Å². The fraction of sp³-hybridized carbons (Fsp3) is 0.192. The lowest BCUT2D eigenvalue weighted by molar-refractivity contribution is 0.122. The van der Waals surface area contributed by atoms with Crippen molar-refractivity contribution in [1.29, 1.82) is 0 Å². The number of morpholine rings is 1. The lowest BCUT2D eigenvalue weighted by atomic mass is 10.0. The maximum absolute atomic E-state index is 15.7. The molecule has 2 aromatic carbocycles. The topological polar surface area (TPSA) is 95.2 Å². The lowest BCUT2D eigenvalue weighted by Gasteiger charge is -2.26. The number of nitrogens with one attached hydrogen (secondary N) is 3. The first kappa shape index (κ1) is 22.5. The van der Waals surface area contributed by atoms with Gasteiger partial charge < -0.3 is 25.3 Å². The highest BCUT2D eigenvalue weighted by molar-refractivity contribution is 6.00. The number of aromatic nitrogens is 3. The smallest absolute Gasteiger partial charge is 0.323 e. The van der Waals surface area contributed by atoms with Crippen molar-refractivity contribution in [3.05, 3.63) is 78.4 Å². The van der Waals surface area contributed by atoms with E-state index in [0.717, 1.165) is 11.1 Å². The van der Waals surface area contributed by atoms with Gasteiger partial charge in [-0.3, -0.25) is 4.98 Å². The third-order valence-corrected chi connectivity index (χ3v) is 5.78. The number of carbonyl (C=O) groups excluding carboxylic acids is 1. The van der Waals surface area contributed by atoms with Crippen molar-refractivity contribution in [1.82, 2.24) is 15.0 Å².